The lowest BCUT2D eigenvalue weighted by molar-refractivity contribution is -0.147. The van der Waals surface area contributed by atoms with E-state index in [1.807, 2.05) is 38.1 Å². The van der Waals surface area contributed by atoms with Crippen molar-refractivity contribution in [3.8, 4) is 5.75 Å². The Balaban J connectivity index is 1.36. The van der Waals surface area contributed by atoms with E-state index in [1.54, 1.807) is 0 Å². The standard InChI is InChI=1S/C26H37ClO4/c1-19(2)31-26(28)11-5-7-20-12-14-24-21(13-15-25(24)30-18-20)8-3-4-16-29-23-10-6-9-22(27)17-23/h3,6,8-10,17,19-21,24-25H,4-5,7,11-16,18H2,1-2H3/b8-3+/t20-,21-,24?,25-/m0/s1. The van der Waals surface area contributed by atoms with Crippen LogP contribution in [0.25, 0.3) is 0 Å². The molecule has 4 atom stereocenters. The first kappa shape index (κ1) is 24.1. The largest absolute Gasteiger partial charge is 0.493 e. The minimum atomic E-state index is -0.0778. The zero-order valence-electron chi connectivity index (χ0n) is 18.9. The average Bonchev–Trinajstić information content (AvgIpc) is 2.99. The van der Waals surface area contributed by atoms with Crippen molar-refractivity contribution in [3.63, 3.8) is 0 Å². The summed E-state index contributed by atoms with van der Waals surface area (Å²) >= 11 is 5.99. The number of fused-ring (bicyclic) bond motifs is 1. The van der Waals surface area contributed by atoms with Gasteiger partial charge in [0.1, 0.15) is 5.75 Å². The van der Waals surface area contributed by atoms with Crippen LogP contribution in [0.1, 0.15) is 65.2 Å². The van der Waals surface area contributed by atoms with Gasteiger partial charge in [-0.1, -0.05) is 29.8 Å². The first-order valence-corrected chi connectivity index (χ1v) is 12.2. The average molecular weight is 449 g/mol. The van der Waals surface area contributed by atoms with Gasteiger partial charge in [0.25, 0.3) is 0 Å². The molecule has 31 heavy (non-hydrogen) atoms. The number of benzene rings is 1. The zero-order chi connectivity index (χ0) is 22.1. The van der Waals surface area contributed by atoms with Crippen LogP contribution in [0.5, 0.6) is 5.75 Å². The Bertz CT molecular complexity index is 717. The first-order chi connectivity index (χ1) is 15.0. The van der Waals surface area contributed by atoms with Crippen LogP contribution in [0, 0.1) is 17.8 Å². The van der Waals surface area contributed by atoms with Crippen molar-refractivity contribution in [3.05, 3.63) is 41.4 Å². The summed E-state index contributed by atoms with van der Waals surface area (Å²) in [6.07, 6.45) is 13.2. The van der Waals surface area contributed by atoms with E-state index in [4.69, 9.17) is 25.8 Å². The highest BCUT2D eigenvalue weighted by Gasteiger charge is 2.37. The fraction of sp³-hybridized carbons (Fsp3) is 0.654. The Morgan fingerprint density at radius 2 is 2.13 bits per heavy atom. The fourth-order valence-electron chi connectivity index (χ4n) is 4.83. The molecule has 172 valence electrons. The summed E-state index contributed by atoms with van der Waals surface area (Å²) in [7, 11) is 0. The van der Waals surface area contributed by atoms with Gasteiger partial charge in [-0.3, -0.25) is 4.79 Å². The smallest absolute Gasteiger partial charge is 0.306 e. The third-order valence-electron chi connectivity index (χ3n) is 6.36. The van der Waals surface area contributed by atoms with E-state index in [1.165, 1.54) is 19.3 Å². The molecule has 1 aliphatic carbocycles. The van der Waals surface area contributed by atoms with Crippen LogP contribution in [0.2, 0.25) is 5.02 Å². The van der Waals surface area contributed by atoms with Crippen molar-refractivity contribution < 1.29 is 19.0 Å². The van der Waals surface area contributed by atoms with Gasteiger partial charge in [0.15, 0.2) is 0 Å². The third kappa shape index (κ3) is 8.16. The normalized spacial score (nSPS) is 26.1. The van der Waals surface area contributed by atoms with Gasteiger partial charge in [-0.25, -0.2) is 0 Å². The minimum absolute atomic E-state index is 0.0264. The highest BCUT2D eigenvalue weighted by molar-refractivity contribution is 6.30. The number of rotatable bonds is 10. The molecule has 1 saturated heterocycles. The predicted molar refractivity (Wildman–Crippen MR) is 124 cm³/mol. The van der Waals surface area contributed by atoms with Gasteiger partial charge in [0.2, 0.25) is 0 Å². The molecule has 1 saturated carbocycles. The van der Waals surface area contributed by atoms with Crippen LogP contribution in [0.4, 0.5) is 0 Å². The maximum atomic E-state index is 11.7. The fourth-order valence-corrected chi connectivity index (χ4v) is 5.02. The number of halogens is 1. The van der Waals surface area contributed by atoms with Gasteiger partial charge in [-0.15, -0.1) is 0 Å². The number of hydrogen-bond acceptors (Lipinski definition) is 4. The molecular weight excluding hydrogens is 412 g/mol. The number of ether oxygens (including phenoxy) is 3. The zero-order valence-corrected chi connectivity index (χ0v) is 19.7. The van der Waals surface area contributed by atoms with E-state index in [0.717, 1.165) is 38.0 Å². The van der Waals surface area contributed by atoms with Crippen molar-refractivity contribution in [1.82, 2.24) is 0 Å². The lowest BCUT2D eigenvalue weighted by Gasteiger charge is -2.20. The Morgan fingerprint density at radius 1 is 1.26 bits per heavy atom. The van der Waals surface area contributed by atoms with Crippen molar-refractivity contribution >= 4 is 17.6 Å². The molecule has 1 heterocycles. The second kappa shape index (κ2) is 12.5. The number of carbonyl (C=O) groups excluding carboxylic acids is 1. The van der Waals surface area contributed by atoms with Gasteiger partial charge < -0.3 is 14.2 Å². The molecule has 1 unspecified atom stereocenters. The quantitative estimate of drug-likeness (QED) is 0.229. The molecule has 1 aliphatic heterocycles. The van der Waals surface area contributed by atoms with Gasteiger partial charge in [0, 0.05) is 18.1 Å². The van der Waals surface area contributed by atoms with Gasteiger partial charge >= 0.3 is 5.97 Å². The molecule has 0 N–H and O–H groups in total. The van der Waals surface area contributed by atoms with Crippen LogP contribution >= 0.6 is 11.6 Å². The predicted octanol–water partition coefficient (Wildman–Crippen LogP) is 6.61. The maximum absolute atomic E-state index is 11.7. The highest BCUT2D eigenvalue weighted by atomic mass is 35.5. The Kier molecular flexibility index (Phi) is 9.73. The van der Waals surface area contributed by atoms with E-state index >= 15 is 0 Å². The van der Waals surface area contributed by atoms with Gasteiger partial charge in [-0.05, 0) is 94.7 Å². The Hall–Kier alpha value is -1.52. The summed E-state index contributed by atoms with van der Waals surface area (Å²) in [5.41, 5.74) is 0. The second-order valence-corrected chi connectivity index (χ2v) is 9.61. The summed E-state index contributed by atoms with van der Waals surface area (Å²) in [6, 6.07) is 7.54. The van der Waals surface area contributed by atoms with E-state index < -0.39 is 0 Å². The van der Waals surface area contributed by atoms with E-state index in [-0.39, 0.29) is 12.1 Å². The molecule has 0 radical (unpaired) electrons. The van der Waals surface area contributed by atoms with Crippen LogP contribution < -0.4 is 4.74 Å². The molecule has 2 fully saturated rings. The lowest BCUT2D eigenvalue weighted by Crippen LogP contribution is -2.20. The molecule has 1 aromatic rings. The Morgan fingerprint density at radius 3 is 2.94 bits per heavy atom. The number of esters is 1. The second-order valence-electron chi connectivity index (χ2n) is 9.17. The Labute approximate surface area is 192 Å². The van der Waals surface area contributed by atoms with Gasteiger partial charge in [-0.2, -0.15) is 0 Å². The molecule has 0 aromatic heterocycles. The van der Waals surface area contributed by atoms with Crippen LogP contribution in [0.3, 0.4) is 0 Å². The molecule has 0 bridgehead atoms. The molecule has 0 amide bonds. The molecule has 5 heteroatoms. The van der Waals surface area contributed by atoms with Crippen molar-refractivity contribution in [2.75, 3.05) is 13.2 Å². The molecular formula is C26H37ClO4. The van der Waals surface area contributed by atoms with E-state index in [9.17, 15) is 4.79 Å². The molecule has 1 aromatic carbocycles. The van der Waals surface area contributed by atoms with Crippen molar-refractivity contribution in [2.24, 2.45) is 17.8 Å². The monoisotopic (exact) mass is 448 g/mol. The number of hydrogen-bond donors (Lipinski definition) is 0. The van der Waals surface area contributed by atoms with Crippen molar-refractivity contribution in [1.29, 1.82) is 0 Å². The van der Waals surface area contributed by atoms with E-state index in [0.29, 0.717) is 41.9 Å². The van der Waals surface area contributed by atoms with E-state index in [2.05, 4.69) is 12.2 Å². The highest BCUT2D eigenvalue weighted by Crippen LogP contribution is 2.41. The number of allylic oxidation sites excluding steroid dienone is 1. The molecule has 2 aliphatic rings. The van der Waals surface area contributed by atoms with Crippen LogP contribution in [-0.2, 0) is 14.3 Å². The summed E-state index contributed by atoms with van der Waals surface area (Å²) in [6.45, 7) is 5.29. The number of carbonyl (C=O) groups is 1. The van der Waals surface area contributed by atoms with Crippen molar-refractivity contribution in [2.45, 2.75) is 77.4 Å². The molecule has 0 spiro atoms. The third-order valence-corrected chi connectivity index (χ3v) is 6.59. The minimum Gasteiger partial charge on any atom is -0.493 e. The summed E-state index contributed by atoms with van der Waals surface area (Å²) in [4.78, 5) is 11.7. The van der Waals surface area contributed by atoms with Gasteiger partial charge in [0.05, 0.1) is 18.8 Å². The topological polar surface area (TPSA) is 44.8 Å². The summed E-state index contributed by atoms with van der Waals surface area (Å²) in [5, 5.41) is 0.701. The molecule has 3 rings (SSSR count). The molecule has 4 nitrogen and oxygen atoms in total. The maximum Gasteiger partial charge on any atom is 0.306 e. The van der Waals surface area contributed by atoms with Crippen LogP contribution in [0.15, 0.2) is 36.4 Å². The first-order valence-electron chi connectivity index (χ1n) is 11.9. The van der Waals surface area contributed by atoms with Crippen LogP contribution in [-0.4, -0.2) is 31.4 Å². The summed E-state index contributed by atoms with van der Waals surface area (Å²) < 4.78 is 17.3. The lowest BCUT2D eigenvalue weighted by atomic mass is 9.87. The SMILES string of the molecule is CC(C)OC(=O)CCC[C@H]1CCC2[C@H](CC[C@@H]2/C=C/CCOc2cccc(Cl)c2)OC1. The summed E-state index contributed by atoms with van der Waals surface area (Å²) in [5.74, 6) is 2.54.